The Labute approximate surface area is 101 Å². The van der Waals surface area contributed by atoms with Gasteiger partial charge in [0.15, 0.2) is 0 Å². The maximum absolute atomic E-state index is 5.41. The van der Waals surface area contributed by atoms with Gasteiger partial charge in [-0.1, -0.05) is 0 Å². The van der Waals surface area contributed by atoms with Crippen LogP contribution in [-0.4, -0.2) is 25.7 Å². The lowest BCUT2D eigenvalue weighted by Gasteiger charge is -2.31. The fourth-order valence-corrected chi connectivity index (χ4v) is 3.38. The Morgan fingerprint density at radius 1 is 1.50 bits per heavy atom. The second-order valence-electron chi connectivity index (χ2n) is 4.59. The van der Waals surface area contributed by atoms with Crippen molar-refractivity contribution in [3.63, 3.8) is 0 Å². The lowest BCUT2D eigenvalue weighted by Crippen LogP contribution is -2.46. The first-order chi connectivity index (χ1) is 7.64. The molecule has 1 aliphatic carbocycles. The number of ether oxygens (including phenoxy) is 1. The van der Waals surface area contributed by atoms with E-state index in [1.807, 2.05) is 7.05 Å². The fourth-order valence-electron chi connectivity index (χ4n) is 2.20. The molecule has 0 aliphatic heterocycles. The number of nitrogens with zero attached hydrogens (tertiary/aromatic N) is 1. The maximum Gasteiger partial charge on any atom is 0.116 e. The molecule has 1 N–H and O–H groups in total. The van der Waals surface area contributed by atoms with E-state index in [9.17, 15) is 0 Å². The van der Waals surface area contributed by atoms with Crippen LogP contribution in [0.15, 0.2) is 0 Å². The van der Waals surface area contributed by atoms with Crippen molar-refractivity contribution in [1.29, 1.82) is 0 Å². The van der Waals surface area contributed by atoms with Crippen LogP contribution < -0.4 is 5.32 Å². The van der Waals surface area contributed by atoms with Gasteiger partial charge in [0.1, 0.15) is 5.01 Å². The minimum atomic E-state index is -0.0571. The largest absolute Gasteiger partial charge is 0.382 e. The van der Waals surface area contributed by atoms with Crippen LogP contribution >= 0.6 is 11.3 Å². The molecule has 0 amide bonds. The average Bonchev–Trinajstić information content (AvgIpc) is 3.04. The third-order valence-electron chi connectivity index (χ3n) is 3.50. The Morgan fingerprint density at radius 2 is 2.19 bits per heavy atom. The quantitative estimate of drug-likeness (QED) is 0.857. The Morgan fingerprint density at radius 3 is 2.56 bits per heavy atom. The minimum Gasteiger partial charge on any atom is -0.382 e. The van der Waals surface area contributed by atoms with Crippen LogP contribution in [0.3, 0.4) is 0 Å². The molecule has 0 saturated heterocycles. The number of nitrogens with one attached hydrogen (secondary N) is 1. The zero-order valence-corrected chi connectivity index (χ0v) is 11.3. The van der Waals surface area contributed by atoms with Gasteiger partial charge in [-0.2, -0.15) is 0 Å². The van der Waals surface area contributed by atoms with Gasteiger partial charge in [0, 0.05) is 12.0 Å². The van der Waals surface area contributed by atoms with Crippen molar-refractivity contribution in [3.05, 3.63) is 15.6 Å². The second kappa shape index (κ2) is 4.43. The Bertz CT molecular complexity index is 354. The van der Waals surface area contributed by atoms with Crippen molar-refractivity contribution in [1.82, 2.24) is 10.3 Å². The molecule has 0 aromatic carbocycles. The molecule has 1 aliphatic rings. The summed E-state index contributed by atoms with van der Waals surface area (Å²) >= 11 is 1.80. The molecule has 1 atom stereocenters. The Hall–Kier alpha value is -0.450. The Kier molecular flexibility index (Phi) is 3.33. The van der Waals surface area contributed by atoms with Gasteiger partial charge < -0.3 is 10.1 Å². The molecule has 0 bridgehead atoms. The van der Waals surface area contributed by atoms with Gasteiger partial charge in [-0.05, 0) is 39.7 Å². The predicted octanol–water partition coefficient (Wildman–Crippen LogP) is 2.23. The van der Waals surface area contributed by atoms with Crippen molar-refractivity contribution in [2.75, 3.05) is 20.8 Å². The van der Waals surface area contributed by atoms with Gasteiger partial charge in [-0.3, -0.25) is 0 Å². The maximum atomic E-state index is 5.41. The number of hydrogen-bond acceptors (Lipinski definition) is 4. The number of hydrogen-bond donors (Lipinski definition) is 1. The highest BCUT2D eigenvalue weighted by Crippen LogP contribution is 2.47. The van der Waals surface area contributed by atoms with E-state index in [0.717, 1.165) is 5.69 Å². The molecule has 16 heavy (non-hydrogen) atoms. The molecule has 3 nitrogen and oxygen atoms in total. The number of aryl methyl sites for hydroxylation is 2. The monoisotopic (exact) mass is 240 g/mol. The van der Waals surface area contributed by atoms with Crippen molar-refractivity contribution < 1.29 is 4.74 Å². The lowest BCUT2D eigenvalue weighted by molar-refractivity contribution is 0.0980. The third-order valence-corrected chi connectivity index (χ3v) is 4.75. The van der Waals surface area contributed by atoms with Crippen molar-refractivity contribution in [2.45, 2.75) is 32.2 Å². The molecule has 4 heteroatoms. The minimum absolute atomic E-state index is 0.0571. The highest BCUT2D eigenvalue weighted by atomic mass is 32.1. The highest BCUT2D eigenvalue weighted by Gasteiger charge is 2.47. The zero-order chi connectivity index (χ0) is 11.8. The number of aromatic nitrogens is 1. The van der Waals surface area contributed by atoms with Gasteiger partial charge in [0.25, 0.3) is 0 Å². The number of rotatable bonds is 5. The van der Waals surface area contributed by atoms with Crippen molar-refractivity contribution in [2.24, 2.45) is 5.92 Å². The SMILES string of the molecule is CNC(COC)(c1nc(C)c(C)s1)C1CC1. The first kappa shape index (κ1) is 12.0. The number of likely N-dealkylation sites (N-methyl/N-ethyl adjacent to an activating group) is 1. The third kappa shape index (κ3) is 1.90. The van der Waals surface area contributed by atoms with Crippen molar-refractivity contribution in [3.8, 4) is 0 Å². The topological polar surface area (TPSA) is 34.1 Å². The van der Waals surface area contributed by atoms with Gasteiger partial charge in [0.2, 0.25) is 0 Å². The van der Waals surface area contributed by atoms with E-state index in [1.54, 1.807) is 18.4 Å². The summed E-state index contributed by atoms with van der Waals surface area (Å²) in [6.07, 6.45) is 2.56. The van der Waals surface area contributed by atoms with E-state index in [4.69, 9.17) is 9.72 Å². The molecule has 1 aromatic rings. The van der Waals surface area contributed by atoms with Crippen molar-refractivity contribution >= 4 is 11.3 Å². The average molecular weight is 240 g/mol. The van der Waals surface area contributed by atoms with Crippen LogP contribution in [0.25, 0.3) is 0 Å². The summed E-state index contributed by atoms with van der Waals surface area (Å²) in [4.78, 5) is 6.02. The first-order valence-corrected chi connectivity index (χ1v) is 6.58. The summed E-state index contributed by atoms with van der Waals surface area (Å²) in [5.74, 6) is 0.683. The summed E-state index contributed by atoms with van der Waals surface area (Å²) in [5, 5.41) is 4.65. The molecule has 1 unspecified atom stereocenters. The van der Waals surface area contributed by atoms with Crippen LogP contribution in [-0.2, 0) is 10.3 Å². The van der Waals surface area contributed by atoms with Gasteiger partial charge in [0.05, 0.1) is 17.8 Å². The summed E-state index contributed by atoms with van der Waals surface area (Å²) in [7, 11) is 3.78. The standard InChI is InChI=1S/C12H20N2OS/c1-8-9(2)16-11(14-8)12(13-3,7-15-4)10-5-6-10/h10,13H,5-7H2,1-4H3. The van der Waals surface area contributed by atoms with Crippen LogP contribution in [0.1, 0.15) is 28.4 Å². The number of methoxy groups -OCH3 is 1. The normalized spacial score (nSPS) is 19.8. The summed E-state index contributed by atoms with van der Waals surface area (Å²) in [5.41, 5.74) is 1.09. The molecule has 2 rings (SSSR count). The van der Waals surface area contributed by atoms with E-state index in [-0.39, 0.29) is 5.54 Å². The van der Waals surface area contributed by atoms with Gasteiger partial charge in [-0.15, -0.1) is 11.3 Å². The van der Waals surface area contributed by atoms with Crippen LogP contribution in [0.2, 0.25) is 0 Å². The van der Waals surface area contributed by atoms with Gasteiger partial charge in [-0.25, -0.2) is 4.98 Å². The molecule has 1 aromatic heterocycles. The van der Waals surface area contributed by atoms with E-state index in [1.165, 1.54) is 22.7 Å². The second-order valence-corrected chi connectivity index (χ2v) is 5.79. The molecule has 0 spiro atoms. The molecule has 1 heterocycles. The predicted molar refractivity (Wildman–Crippen MR) is 66.9 cm³/mol. The smallest absolute Gasteiger partial charge is 0.116 e. The first-order valence-electron chi connectivity index (χ1n) is 5.76. The van der Waals surface area contributed by atoms with E-state index >= 15 is 0 Å². The Balaban J connectivity index is 2.36. The van der Waals surface area contributed by atoms with Gasteiger partial charge >= 0.3 is 0 Å². The van der Waals surface area contributed by atoms with Crippen LogP contribution in [0.5, 0.6) is 0 Å². The molecule has 0 radical (unpaired) electrons. The molecular formula is C12H20N2OS. The van der Waals surface area contributed by atoms with E-state index in [2.05, 4.69) is 19.2 Å². The molecule has 1 fully saturated rings. The molecular weight excluding hydrogens is 220 g/mol. The summed E-state index contributed by atoms with van der Waals surface area (Å²) in [6, 6.07) is 0. The molecule has 90 valence electrons. The highest BCUT2D eigenvalue weighted by molar-refractivity contribution is 7.11. The van der Waals surface area contributed by atoms with E-state index < -0.39 is 0 Å². The van der Waals surface area contributed by atoms with Crippen LogP contribution in [0.4, 0.5) is 0 Å². The van der Waals surface area contributed by atoms with Crippen LogP contribution in [0, 0.1) is 19.8 Å². The molecule has 1 saturated carbocycles. The summed E-state index contributed by atoms with van der Waals surface area (Å²) in [6.45, 7) is 4.92. The zero-order valence-electron chi connectivity index (χ0n) is 10.5. The summed E-state index contributed by atoms with van der Waals surface area (Å²) < 4.78 is 5.41. The van der Waals surface area contributed by atoms with E-state index in [0.29, 0.717) is 12.5 Å². The lowest BCUT2D eigenvalue weighted by atomic mass is 9.95. The number of thiazole rings is 1. The fraction of sp³-hybridized carbons (Fsp3) is 0.750.